The van der Waals surface area contributed by atoms with Crippen LogP contribution >= 0.6 is 0 Å². The Balaban J connectivity index is 2.99. The molecule has 0 fully saturated rings. The monoisotopic (exact) mass is 410 g/mol. The van der Waals surface area contributed by atoms with Gasteiger partial charge >= 0.3 is 24.2 Å². The highest BCUT2D eigenvalue weighted by Gasteiger charge is 2.71. The molecule has 0 spiro atoms. The fourth-order valence-corrected chi connectivity index (χ4v) is 2.20. The van der Waals surface area contributed by atoms with Gasteiger partial charge in [-0.2, -0.15) is 43.9 Å². The third-order valence-corrected chi connectivity index (χ3v) is 3.36. The highest BCUT2D eigenvalue weighted by molar-refractivity contribution is 6.09. The fraction of sp³-hybridized carbons (Fsp3) is 0.333. The third kappa shape index (κ3) is 2.36. The molecule has 0 amide bonds. The first-order chi connectivity index (χ1) is 11.4. The average Bonchev–Trinajstić information content (AvgIpc) is 2.39. The topological polar surface area (TPSA) is 0 Å². The summed E-state index contributed by atoms with van der Waals surface area (Å²) < 4.78 is 181. The van der Waals surface area contributed by atoms with Gasteiger partial charge in [-0.1, -0.05) is 0 Å². The van der Waals surface area contributed by atoms with Gasteiger partial charge in [0.25, 0.3) is 0 Å². The van der Waals surface area contributed by atoms with Gasteiger partial charge in [0.05, 0.1) is 11.1 Å². The maximum absolute atomic E-state index is 13.5. The Hall–Kier alpha value is -2.02. The molecule has 0 radical (unpaired) electrons. The summed E-state index contributed by atoms with van der Waals surface area (Å²) in [4.78, 5) is 0. The normalized spacial score (nSPS) is 15.9. The fourth-order valence-electron chi connectivity index (χ4n) is 2.20. The summed E-state index contributed by atoms with van der Waals surface area (Å²) >= 11 is 0. The largest absolute Gasteiger partial charge is 0.458 e. The molecule has 0 bridgehead atoms. The molecule has 1 aliphatic rings. The molecule has 26 heavy (non-hydrogen) atoms. The van der Waals surface area contributed by atoms with Crippen LogP contribution in [0.4, 0.5) is 61.5 Å². The molecule has 1 aliphatic carbocycles. The van der Waals surface area contributed by atoms with Crippen LogP contribution in [-0.2, 0) is 0 Å². The number of hydrogen-bond acceptors (Lipinski definition) is 0. The van der Waals surface area contributed by atoms with Crippen LogP contribution in [0.25, 0.3) is 11.1 Å². The van der Waals surface area contributed by atoms with Crippen LogP contribution in [0.5, 0.6) is 0 Å². The average molecular weight is 410 g/mol. The molecule has 0 atom stereocenters. The Kier molecular flexibility index (Phi) is 4.10. The molecular formula is C12F14. The smallest absolute Gasteiger partial charge is 0.203 e. The minimum absolute atomic E-state index is 2.55. The second kappa shape index (κ2) is 5.25. The summed E-state index contributed by atoms with van der Waals surface area (Å²) in [6, 6.07) is 0. The van der Waals surface area contributed by atoms with E-state index in [4.69, 9.17) is 0 Å². The lowest BCUT2D eigenvalue weighted by Gasteiger charge is -2.38. The summed E-state index contributed by atoms with van der Waals surface area (Å²) in [5, 5.41) is 0. The van der Waals surface area contributed by atoms with Crippen LogP contribution in [0.1, 0.15) is 11.1 Å². The quantitative estimate of drug-likeness (QED) is 0.326. The van der Waals surface area contributed by atoms with Crippen molar-refractivity contribution in [1.29, 1.82) is 0 Å². The van der Waals surface area contributed by atoms with Gasteiger partial charge in [-0.25, -0.2) is 17.6 Å². The van der Waals surface area contributed by atoms with Crippen molar-refractivity contribution in [2.45, 2.75) is 24.2 Å². The van der Waals surface area contributed by atoms with Gasteiger partial charge in [-0.05, 0) is 0 Å². The number of benzene rings is 1. The highest BCUT2D eigenvalue weighted by atomic mass is 19.4. The summed E-state index contributed by atoms with van der Waals surface area (Å²) in [6.45, 7) is 0. The van der Waals surface area contributed by atoms with Crippen molar-refractivity contribution in [3.8, 4) is 0 Å². The second-order valence-corrected chi connectivity index (χ2v) is 4.90. The highest BCUT2D eigenvalue weighted by Crippen LogP contribution is 2.62. The molecule has 2 rings (SSSR count). The van der Waals surface area contributed by atoms with Crippen molar-refractivity contribution in [2.24, 2.45) is 0 Å². The first-order valence-electron chi connectivity index (χ1n) is 5.90. The summed E-state index contributed by atoms with van der Waals surface area (Å²) in [6.07, 6.45) is -13.7. The van der Waals surface area contributed by atoms with E-state index >= 15 is 0 Å². The summed E-state index contributed by atoms with van der Waals surface area (Å²) in [5.74, 6) is -25.0. The van der Waals surface area contributed by atoms with Crippen LogP contribution in [0.3, 0.4) is 0 Å². The van der Waals surface area contributed by atoms with Crippen molar-refractivity contribution < 1.29 is 61.5 Å². The van der Waals surface area contributed by atoms with E-state index in [-0.39, 0.29) is 0 Å². The first-order valence-corrected chi connectivity index (χ1v) is 5.90. The van der Waals surface area contributed by atoms with Gasteiger partial charge in [0.2, 0.25) is 0 Å². The lowest BCUT2D eigenvalue weighted by molar-refractivity contribution is -0.261. The van der Waals surface area contributed by atoms with E-state index in [1.807, 2.05) is 0 Å². The zero-order chi connectivity index (χ0) is 20.6. The minimum atomic E-state index is -6.83. The van der Waals surface area contributed by atoms with Gasteiger partial charge in [-0.3, -0.25) is 0 Å². The van der Waals surface area contributed by atoms with Crippen molar-refractivity contribution >= 4 is 11.1 Å². The van der Waals surface area contributed by atoms with Crippen molar-refractivity contribution in [3.05, 3.63) is 34.4 Å². The van der Waals surface area contributed by atoms with E-state index in [1.165, 1.54) is 0 Å². The number of hydrogen-bond donors (Lipinski definition) is 0. The van der Waals surface area contributed by atoms with Crippen LogP contribution in [0.2, 0.25) is 0 Å². The standard InChI is InChI=1S/C12F14/c13-5-1-2(6(14)8(16)7(5)15)4(10(19,20)12(24,25)26)3(1)9(17,18)11(21,22)23. The molecule has 0 aliphatic heterocycles. The third-order valence-electron chi connectivity index (χ3n) is 3.36. The van der Waals surface area contributed by atoms with Gasteiger partial charge < -0.3 is 0 Å². The summed E-state index contributed by atoms with van der Waals surface area (Å²) in [5.41, 5.74) is -11.8. The van der Waals surface area contributed by atoms with Crippen LogP contribution < -0.4 is 0 Å². The maximum atomic E-state index is 13.5. The Labute approximate surface area is 132 Å². The Morgan fingerprint density at radius 3 is 0.808 bits per heavy atom. The molecule has 0 saturated heterocycles. The van der Waals surface area contributed by atoms with E-state index in [0.717, 1.165) is 0 Å². The molecule has 0 saturated carbocycles. The van der Waals surface area contributed by atoms with Gasteiger partial charge in [0, 0.05) is 11.1 Å². The summed E-state index contributed by atoms with van der Waals surface area (Å²) in [7, 11) is 0. The number of fused-ring (bicyclic) bond motifs is 1. The minimum Gasteiger partial charge on any atom is -0.203 e. The van der Waals surface area contributed by atoms with Crippen LogP contribution in [-0.4, -0.2) is 24.2 Å². The molecule has 0 nitrogen and oxygen atoms in total. The molecule has 146 valence electrons. The molecule has 0 heterocycles. The van der Waals surface area contributed by atoms with Gasteiger partial charge in [0.15, 0.2) is 23.3 Å². The number of halogens is 14. The maximum Gasteiger partial charge on any atom is 0.458 e. The Morgan fingerprint density at radius 1 is 0.385 bits per heavy atom. The molecular weight excluding hydrogens is 410 g/mol. The molecule has 14 heteroatoms. The number of allylic oxidation sites excluding steroid dienone is 2. The Morgan fingerprint density at radius 2 is 0.615 bits per heavy atom. The molecule has 0 aromatic heterocycles. The van der Waals surface area contributed by atoms with E-state index in [1.54, 1.807) is 0 Å². The van der Waals surface area contributed by atoms with Gasteiger partial charge in [-0.15, -0.1) is 0 Å². The zero-order valence-electron chi connectivity index (χ0n) is 11.3. The van der Waals surface area contributed by atoms with Crippen molar-refractivity contribution in [3.63, 3.8) is 0 Å². The predicted molar refractivity (Wildman–Crippen MR) is 55.1 cm³/mol. The SMILES string of the molecule is Fc1c(F)c(F)c2c(c1F)C(C(F)(F)C(F)(F)F)=C2C(F)(F)C(F)(F)F. The molecule has 0 N–H and O–H groups in total. The van der Waals surface area contributed by atoms with Crippen LogP contribution in [0.15, 0.2) is 0 Å². The van der Waals surface area contributed by atoms with Crippen molar-refractivity contribution in [1.82, 2.24) is 0 Å². The van der Waals surface area contributed by atoms with Crippen molar-refractivity contribution in [2.75, 3.05) is 0 Å². The van der Waals surface area contributed by atoms with E-state index in [2.05, 4.69) is 0 Å². The molecule has 0 unspecified atom stereocenters. The van der Waals surface area contributed by atoms with Gasteiger partial charge in [0.1, 0.15) is 0 Å². The Bertz CT molecular complexity index is 740. The second-order valence-electron chi connectivity index (χ2n) is 4.90. The lowest BCUT2D eigenvalue weighted by Crippen LogP contribution is -2.47. The first kappa shape index (κ1) is 20.3. The number of alkyl halides is 10. The number of rotatable bonds is 2. The van der Waals surface area contributed by atoms with Crippen LogP contribution in [0, 0.1) is 23.3 Å². The lowest BCUT2D eigenvalue weighted by atomic mass is 9.73. The van der Waals surface area contributed by atoms with E-state index in [9.17, 15) is 61.5 Å². The van der Waals surface area contributed by atoms with E-state index in [0.29, 0.717) is 0 Å². The zero-order valence-corrected chi connectivity index (χ0v) is 11.3. The molecule has 1 aromatic carbocycles. The molecule has 1 aromatic rings. The predicted octanol–water partition coefficient (Wildman–Crippen LogP) is 5.86. The van der Waals surface area contributed by atoms with E-state index < -0.39 is 69.7 Å².